The maximum atomic E-state index is 12.6. The molecular weight excluding hydrogens is 278 g/mol. The van der Waals surface area contributed by atoms with Gasteiger partial charge in [-0.05, 0) is 43.1 Å². The second-order valence-corrected chi connectivity index (χ2v) is 7.09. The predicted molar refractivity (Wildman–Crippen MR) is 91.7 cm³/mol. The van der Waals surface area contributed by atoms with E-state index in [9.17, 15) is 4.79 Å². The highest BCUT2D eigenvalue weighted by molar-refractivity contribution is 7.81. The molecule has 21 heavy (non-hydrogen) atoms. The minimum absolute atomic E-state index is 0.201. The van der Waals surface area contributed by atoms with Crippen LogP contribution in [0.3, 0.4) is 0 Å². The molecule has 0 radical (unpaired) electrons. The lowest BCUT2D eigenvalue weighted by Crippen LogP contribution is -2.38. The van der Waals surface area contributed by atoms with E-state index in [1.54, 1.807) is 0 Å². The molecule has 0 bridgehead atoms. The molecule has 2 unspecified atom stereocenters. The summed E-state index contributed by atoms with van der Waals surface area (Å²) in [5.74, 6) is 1.68. The Kier molecular flexibility index (Phi) is 6.16. The third-order valence-corrected chi connectivity index (χ3v) is 4.99. The molecule has 1 saturated heterocycles. The zero-order chi connectivity index (χ0) is 15.2. The molecular formula is C18H27NOS. The third-order valence-electron chi connectivity index (χ3n) is 4.58. The lowest BCUT2D eigenvalue weighted by Gasteiger charge is -2.24. The Balaban J connectivity index is 1.90. The molecule has 0 saturated carbocycles. The van der Waals surface area contributed by atoms with Gasteiger partial charge in [0.2, 0.25) is 5.91 Å². The normalized spacial score (nSPS) is 21.1. The number of hydrogen-bond acceptors (Lipinski definition) is 2. The zero-order valence-corrected chi connectivity index (χ0v) is 14.1. The standard InChI is InChI=1S/C18H27NOS/c1-14(2)16-9-6-11-19(12-10-16)18(20)17(21)13-15-7-4-3-5-8-15/h3-5,7-8,14,16-17,21H,6,9-13H2,1-2H3. The van der Waals surface area contributed by atoms with Crippen LogP contribution < -0.4 is 0 Å². The molecule has 0 N–H and O–H groups in total. The van der Waals surface area contributed by atoms with Crippen LogP contribution in [-0.4, -0.2) is 29.1 Å². The van der Waals surface area contributed by atoms with E-state index in [0.717, 1.165) is 37.8 Å². The maximum Gasteiger partial charge on any atom is 0.235 e. The van der Waals surface area contributed by atoms with Crippen molar-refractivity contribution in [2.75, 3.05) is 13.1 Å². The van der Waals surface area contributed by atoms with Crippen LogP contribution in [0.5, 0.6) is 0 Å². The fraction of sp³-hybridized carbons (Fsp3) is 0.611. The summed E-state index contributed by atoms with van der Waals surface area (Å²) in [7, 11) is 0. The minimum Gasteiger partial charge on any atom is -0.342 e. The number of nitrogens with zero attached hydrogens (tertiary/aromatic N) is 1. The van der Waals surface area contributed by atoms with E-state index < -0.39 is 0 Å². The Hall–Kier alpha value is -0.960. The van der Waals surface area contributed by atoms with Crippen LogP contribution in [0.15, 0.2) is 30.3 Å². The van der Waals surface area contributed by atoms with Gasteiger partial charge in [-0.1, -0.05) is 44.2 Å². The van der Waals surface area contributed by atoms with Crippen molar-refractivity contribution in [3.8, 4) is 0 Å². The van der Waals surface area contributed by atoms with Gasteiger partial charge in [-0.15, -0.1) is 0 Å². The monoisotopic (exact) mass is 305 g/mol. The second-order valence-electron chi connectivity index (χ2n) is 6.47. The van der Waals surface area contributed by atoms with Gasteiger partial charge in [0.05, 0.1) is 5.25 Å². The van der Waals surface area contributed by atoms with Gasteiger partial charge in [-0.2, -0.15) is 12.6 Å². The van der Waals surface area contributed by atoms with Crippen LogP contribution >= 0.6 is 12.6 Å². The first kappa shape index (κ1) is 16.4. The summed E-state index contributed by atoms with van der Waals surface area (Å²) < 4.78 is 0. The van der Waals surface area contributed by atoms with Gasteiger partial charge in [0.1, 0.15) is 0 Å². The number of likely N-dealkylation sites (tertiary alicyclic amines) is 1. The van der Waals surface area contributed by atoms with Crippen molar-refractivity contribution < 1.29 is 4.79 Å². The number of hydrogen-bond donors (Lipinski definition) is 1. The molecule has 0 aromatic heterocycles. The number of amides is 1. The summed E-state index contributed by atoms with van der Waals surface area (Å²) in [4.78, 5) is 14.6. The fourth-order valence-electron chi connectivity index (χ4n) is 3.14. The first-order valence-electron chi connectivity index (χ1n) is 8.08. The van der Waals surface area contributed by atoms with E-state index in [-0.39, 0.29) is 11.2 Å². The van der Waals surface area contributed by atoms with Gasteiger partial charge in [-0.3, -0.25) is 4.79 Å². The molecule has 1 aromatic carbocycles. The average molecular weight is 305 g/mol. The van der Waals surface area contributed by atoms with Gasteiger partial charge in [0, 0.05) is 13.1 Å². The molecule has 1 fully saturated rings. The van der Waals surface area contributed by atoms with E-state index in [2.05, 4.69) is 38.6 Å². The molecule has 0 spiro atoms. The van der Waals surface area contributed by atoms with E-state index >= 15 is 0 Å². The van der Waals surface area contributed by atoms with Crippen LogP contribution in [0.1, 0.15) is 38.7 Å². The molecule has 2 rings (SSSR count). The number of thiol groups is 1. The van der Waals surface area contributed by atoms with Crippen molar-refractivity contribution in [3.63, 3.8) is 0 Å². The summed E-state index contributed by atoms with van der Waals surface area (Å²) in [6.45, 7) is 6.37. The highest BCUT2D eigenvalue weighted by atomic mass is 32.1. The topological polar surface area (TPSA) is 20.3 Å². The van der Waals surface area contributed by atoms with Crippen LogP contribution in [0, 0.1) is 11.8 Å². The van der Waals surface area contributed by atoms with Crippen molar-refractivity contribution in [1.29, 1.82) is 0 Å². The van der Waals surface area contributed by atoms with Crippen LogP contribution in [-0.2, 0) is 11.2 Å². The Morgan fingerprint density at radius 3 is 2.62 bits per heavy atom. The summed E-state index contributed by atoms with van der Waals surface area (Å²) in [6.07, 6.45) is 4.22. The molecule has 1 amide bonds. The van der Waals surface area contributed by atoms with Gasteiger partial charge < -0.3 is 4.90 Å². The molecule has 1 aliphatic rings. The third kappa shape index (κ3) is 4.77. The molecule has 0 aliphatic carbocycles. The highest BCUT2D eigenvalue weighted by Crippen LogP contribution is 2.25. The van der Waals surface area contributed by atoms with Crippen molar-refractivity contribution in [3.05, 3.63) is 35.9 Å². The second kappa shape index (κ2) is 7.88. The SMILES string of the molecule is CC(C)C1CCCN(C(=O)C(S)Cc2ccccc2)CC1. The maximum absolute atomic E-state index is 12.6. The first-order chi connectivity index (χ1) is 10.1. The zero-order valence-electron chi connectivity index (χ0n) is 13.2. The summed E-state index contributed by atoms with van der Waals surface area (Å²) in [6, 6.07) is 10.2. The van der Waals surface area contributed by atoms with E-state index in [1.807, 2.05) is 23.1 Å². The van der Waals surface area contributed by atoms with Crippen molar-refractivity contribution in [2.24, 2.45) is 11.8 Å². The smallest absolute Gasteiger partial charge is 0.235 e. The Labute approximate surface area is 134 Å². The summed E-state index contributed by atoms with van der Waals surface area (Å²) in [5.41, 5.74) is 1.18. The number of benzene rings is 1. The van der Waals surface area contributed by atoms with Gasteiger partial charge in [0.25, 0.3) is 0 Å². The summed E-state index contributed by atoms with van der Waals surface area (Å²) in [5, 5.41) is -0.219. The molecule has 1 aliphatic heterocycles. The number of rotatable bonds is 4. The molecule has 116 valence electrons. The lowest BCUT2D eigenvalue weighted by atomic mass is 9.89. The minimum atomic E-state index is -0.219. The van der Waals surface area contributed by atoms with Crippen molar-refractivity contribution in [2.45, 2.75) is 44.8 Å². The van der Waals surface area contributed by atoms with E-state index in [1.165, 1.54) is 12.0 Å². The van der Waals surface area contributed by atoms with E-state index in [0.29, 0.717) is 6.42 Å². The highest BCUT2D eigenvalue weighted by Gasteiger charge is 2.25. The van der Waals surface area contributed by atoms with Crippen LogP contribution in [0.4, 0.5) is 0 Å². The largest absolute Gasteiger partial charge is 0.342 e. The quantitative estimate of drug-likeness (QED) is 0.839. The van der Waals surface area contributed by atoms with Crippen molar-refractivity contribution in [1.82, 2.24) is 4.90 Å². The fourth-order valence-corrected chi connectivity index (χ4v) is 3.52. The summed E-state index contributed by atoms with van der Waals surface area (Å²) >= 11 is 4.55. The van der Waals surface area contributed by atoms with E-state index in [4.69, 9.17) is 0 Å². The Bertz CT molecular complexity index is 446. The molecule has 1 heterocycles. The Morgan fingerprint density at radius 1 is 1.24 bits per heavy atom. The lowest BCUT2D eigenvalue weighted by molar-refractivity contribution is -0.130. The number of carbonyl (C=O) groups excluding carboxylic acids is 1. The van der Waals surface area contributed by atoms with Crippen LogP contribution in [0.25, 0.3) is 0 Å². The number of carbonyl (C=O) groups is 1. The van der Waals surface area contributed by atoms with Gasteiger partial charge in [-0.25, -0.2) is 0 Å². The van der Waals surface area contributed by atoms with Gasteiger partial charge in [0.15, 0.2) is 0 Å². The molecule has 3 heteroatoms. The van der Waals surface area contributed by atoms with Crippen LogP contribution in [0.2, 0.25) is 0 Å². The molecule has 2 atom stereocenters. The average Bonchev–Trinajstić information content (AvgIpc) is 2.73. The predicted octanol–water partition coefficient (Wildman–Crippen LogP) is 3.81. The Morgan fingerprint density at radius 2 is 1.95 bits per heavy atom. The first-order valence-corrected chi connectivity index (χ1v) is 8.60. The molecule has 2 nitrogen and oxygen atoms in total. The van der Waals surface area contributed by atoms with Gasteiger partial charge >= 0.3 is 0 Å². The van der Waals surface area contributed by atoms with Crippen molar-refractivity contribution >= 4 is 18.5 Å². The molecule has 1 aromatic rings.